The number of thioether (sulfide) groups is 1. The maximum Gasteiger partial charge on any atom is 0.239 e. The van der Waals surface area contributed by atoms with Gasteiger partial charge in [-0.15, -0.1) is 11.8 Å². The van der Waals surface area contributed by atoms with Gasteiger partial charge in [-0.3, -0.25) is 9.59 Å². The Morgan fingerprint density at radius 3 is 2.52 bits per heavy atom. The lowest BCUT2D eigenvalue weighted by molar-refractivity contribution is -0.129. The number of carbonyl (C=O) groups excluding carboxylic acids is 2. The van der Waals surface area contributed by atoms with Crippen LogP contribution in [-0.4, -0.2) is 30.7 Å². The van der Waals surface area contributed by atoms with Crippen molar-refractivity contribution in [3.63, 3.8) is 0 Å². The van der Waals surface area contributed by atoms with E-state index >= 15 is 0 Å². The molecule has 126 valence electrons. The molecular formula is C18H26N2O2S. The molecule has 1 saturated carbocycles. The van der Waals surface area contributed by atoms with Crippen LogP contribution in [0.3, 0.4) is 0 Å². The summed E-state index contributed by atoms with van der Waals surface area (Å²) in [6.07, 6.45) is 6.33. The molecule has 0 heterocycles. The summed E-state index contributed by atoms with van der Waals surface area (Å²) in [6, 6.07) is 10.2. The van der Waals surface area contributed by atoms with Gasteiger partial charge in [0.2, 0.25) is 11.8 Å². The van der Waals surface area contributed by atoms with Crippen molar-refractivity contribution in [3.05, 3.63) is 30.3 Å². The van der Waals surface area contributed by atoms with Gasteiger partial charge in [0, 0.05) is 17.4 Å². The monoisotopic (exact) mass is 334 g/mol. The van der Waals surface area contributed by atoms with Crippen LogP contribution < -0.4 is 10.6 Å². The average Bonchev–Trinajstić information content (AvgIpc) is 2.61. The lowest BCUT2D eigenvalue weighted by Gasteiger charge is -2.20. The zero-order chi connectivity index (χ0) is 16.3. The van der Waals surface area contributed by atoms with E-state index in [-0.39, 0.29) is 24.3 Å². The second kappa shape index (κ2) is 10.3. The van der Waals surface area contributed by atoms with Crippen LogP contribution in [0.2, 0.25) is 0 Å². The van der Waals surface area contributed by atoms with E-state index < -0.39 is 0 Å². The van der Waals surface area contributed by atoms with Crippen LogP contribution in [0.1, 0.15) is 38.5 Å². The molecule has 0 spiro atoms. The van der Waals surface area contributed by atoms with Gasteiger partial charge in [0.05, 0.1) is 6.54 Å². The number of carbonyl (C=O) groups is 2. The SMILES string of the molecule is O=C(CNC(=O)C1CCCCC1)NCCCSc1ccccc1. The fourth-order valence-corrected chi connectivity index (χ4v) is 3.62. The van der Waals surface area contributed by atoms with Crippen LogP contribution in [0, 0.1) is 5.92 Å². The van der Waals surface area contributed by atoms with Crippen molar-refractivity contribution < 1.29 is 9.59 Å². The van der Waals surface area contributed by atoms with E-state index in [0.29, 0.717) is 6.54 Å². The van der Waals surface area contributed by atoms with Crippen molar-refractivity contribution in [3.8, 4) is 0 Å². The fraction of sp³-hybridized carbons (Fsp3) is 0.556. The van der Waals surface area contributed by atoms with Gasteiger partial charge in [-0.1, -0.05) is 37.5 Å². The topological polar surface area (TPSA) is 58.2 Å². The second-order valence-corrected chi connectivity index (χ2v) is 7.09. The molecule has 2 N–H and O–H groups in total. The molecule has 5 heteroatoms. The molecule has 1 aromatic carbocycles. The molecule has 0 radical (unpaired) electrons. The highest BCUT2D eigenvalue weighted by Crippen LogP contribution is 2.23. The Kier molecular flexibility index (Phi) is 8.01. The van der Waals surface area contributed by atoms with Gasteiger partial charge in [-0.25, -0.2) is 0 Å². The summed E-state index contributed by atoms with van der Waals surface area (Å²) < 4.78 is 0. The highest BCUT2D eigenvalue weighted by atomic mass is 32.2. The lowest BCUT2D eigenvalue weighted by Crippen LogP contribution is -2.40. The summed E-state index contributed by atoms with van der Waals surface area (Å²) in [7, 11) is 0. The number of rotatable bonds is 8. The van der Waals surface area contributed by atoms with Crippen LogP contribution in [0.25, 0.3) is 0 Å². The Bertz CT molecular complexity index is 487. The molecule has 4 nitrogen and oxygen atoms in total. The number of amides is 2. The first kappa shape index (κ1) is 17.9. The quantitative estimate of drug-likeness (QED) is 0.567. The molecule has 23 heavy (non-hydrogen) atoms. The van der Waals surface area contributed by atoms with Crippen LogP contribution >= 0.6 is 11.8 Å². The standard InChI is InChI=1S/C18H26N2O2S/c21-17(14-20-18(22)15-8-3-1-4-9-15)19-12-7-13-23-16-10-5-2-6-11-16/h2,5-6,10-11,15H,1,3-4,7-9,12-14H2,(H,19,21)(H,20,22). The van der Waals surface area contributed by atoms with E-state index in [4.69, 9.17) is 0 Å². The predicted octanol–water partition coefficient (Wildman–Crippen LogP) is 2.98. The minimum Gasteiger partial charge on any atom is -0.355 e. The van der Waals surface area contributed by atoms with Gasteiger partial charge in [0.1, 0.15) is 0 Å². The normalized spacial score (nSPS) is 15.1. The zero-order valence-corrected chi connectivity index (χ0v) is 14.4. The largest absolute Gasteiger partial charge is 0.355 e. The number of hydrogen-bond acceptors (Lipinski definition) is 3. The third kappa shape index (κ3) is 7.08. The summed E-state index contributed by atoms with van der Waals surface area (Å²) in [5.74, 6) is 1.02. The maximum atomic E-state index is 11.9. The molecular weight excluding hydrogens is 308 g/mol. The van der Waals surface area contributed by atoms with Crippen molar-refractivity contribution in [2.45, 2.75) is 43.4 Å². The average molecular weight is 334 g/mol. The third-order valence-electron chi connectivity index (χ3n) is 4.05. The van der Waals surface area contributed by atoms with Crippen molar-refractivity contribution >= 4 is 23.6 Å². The van der Waals surface area contributed by atoms with Crippen LogP contribution in [0.15, 0.2) is 35.2 Å². The molecule has 0 atom stereocenters. The maximum absolute atomic E-state index is 11.9. The molecule has 0 unspecified atom stereocenters. The van der Waals surface area contributed by atoms with Crippen molar-refractivity contribution in [2.24, 2.45) is 5.92 Å². The molecule has 2 amide bonds. The Labute approximate surface area is 142 Å². The Morgan fingerprint density at radius 2 is 1.78 bits per heavy atom. The summed E-state index contributed by atoms with van der Waals surface area (Å²) in [4.78, 5) is 24.9. The van der Waals surface area contributed by atoms with Crippen molar-refractivity contribution in [1.82, 2.24) is 10.6 Å². The van der Waals surface area contributed by atoms with Gasteiger partial charge in [0.25, 0.3) is 0 Å². The molecule has 2 rings (SSSR count). The summed E-state index contributed by atoms with van der Waals surface area (Å²) in [6.45, 7) is 0.749. The predicted molar refractivity (Wildman–Crippen MR) is 94.4 cm³/mol. The number of nitrogens with one attached hydrogen (secondary N) is 2. The Balaban J connectivity index is 1.50. The van der Waals surface area contributed by atoms with E-state index in [2.05, 4.69) is 22.8 Å². The van der Waals surface area contributed by atoms with E-state index in [0.717, 1.165) is 37.9 Å². The lowest BCUT2D eigenvalue weighted by atomic mass is 9.89. The van der Waals surface area contributed by atoms with Crippen LogP contribution in [0.4, 0.5) is 0 Å². The van der Waals surface area contributed by atoms with Gasteiger partial charge in [0.15, 0.2) is 0 Å². The number of benzene rings is 1. The van der Waals surface area contributed by atoms with Crippen LogP contribution in [0.5, 0.6) is 0 Å². The van der Waals surface area contributed by atoms with Crippen molar-refractivity contribution in [2.75, 3.05) is 18.8 Å². The summed E-state index contributed by atoms with van der Waals surface area (Å²) >= 11 is 1.79. The molecule has 0 aliphatic heterocycles. The first-order valence-corrected chi connectivity index (χ1v) is 9.46. The first-order valence-electron chi connectivity index (χ1n) is 8.48. The molecule has 0 aromatic heterocycles. The molecule has 1 aromatic rings. The minimum atomic E-state index is -0.0983. The molecule has 1 aliphatic carbocycles. The van der Waals surface area contributed by atoms with Gasteiger partial charge >= 0.3 is 0 Å². The highest BCUT2D eigenvalue weighted by molar-refractivity contribution is 7.99. The van der Waals surface area contributed by atoms with Gasteiger partial charge < -0.3 is 10.6 Å². The molecule has 1 fully saturated rings. The van der Waals surface area contributed by atoms with Crippen molar-refractivity contribution in [1.29, 1.82) is 0 Å². The Hall–Kier alpha value is -1.49. The van der Waals surface area contributed by atoms with E-state index in [1.165, 1.54) is 11.3 Å². The van der Waals surface area contributed by atoms with Gasteiger partial charge in [-0.05, 0) is 37.1 Å². The smallest absolute Gasteiger partial charge is 0.239 e. The summed E-state index contributed by atoms with van der Waals surface area (Å²) in [5.41, 5.74) is 0. The minimum absolute atomic E-state index is 0.0412. The van der Waals surface area contributed by atoms with E-state index in [1.54, 1.807) is 11.8 Å². The zero-order valence-electron chi connectivity index (χ0n) is 13.6. The van der Waals surface area contributed by atoms with Crippen LogP contribution in [-0.2, 0) is 9.59 Å². The fourth-order valence-electron chi connectivity index (χ4n) is 2.75. The Morgan fingerprint density at radius 1 is 1.04 bits per heavy atom. The first-order chi connectivity index (χ1) is 11.3. The molecule has 0 saturated heterocycles. The van der Waals surface area contributed by atoms with E-state index in [9.17, 15) is 9.59 Å². The summed E-state index contributed by atoms with van der Waals surface area (Å²) in [5, 5.41) is 5.62. The van der Waals surface area contributed by atoms with Gasteiger partial charge in [-0.2, -0.15) is 0 Å². The molecule has 0 bridgehead atoms. The van der Waals surface area contributed by atoms with E-state index in [1.807, 2.05) is 18.2 Å². The third-order valence-corrected chi connectivity index (χ3v) is 5.15. The molecule has 1 aliphatic rings. The number of hydrogen-bond donors (Lipinski definition) is 2. The highest BCUT2D eigenvalue weighted by Gasteiger charge is 2.21. The second-order valence-electron chi connectivity index (χ2n) is 5.92.